The van der Waals surface area contributed by atoms with Crippen LogP contribution in [0.15, 0.2) is 40.9 Å². The van der Waals surface area contributed by atoms with E-state index in [2.05, 4.69) is 33.7 Å². The van der Waals surface area contributed by atoms with E-state index in [0.717, 1.165) is 17.7 Å². The van der Waals surface area contributed by atoms with Crippen LogP contribution in [0.2, 0.25) is 0 Å². The Bertz CT molecular complexity index is 976. The molecule has 1 aromatic carbocycles. The second-order valence-corrected chi connectivity index (χ2v) is 8.49. The van der Waals surface area contributed by atoms with Gasteiger partial charge < -0.3 is 19.5 Å². The van der Waals surface area contributed by atoms with E-state index in [-0.39, 0.29) is 11.8 Å². The molecule has 3 heterocycles. The van der Waals surface area contributed by atoms with Gasteiger partial charge in [-0.2, -0.15) is 4.98 Å². The fraction of sp³-hybridized carbons (Fsp3) is 0.500. The van der Waals surface area contributed by atoms with Crippen molar-refractivity contribution in [2.24, 2.45) is 5.41 Å². The highest BCUT2D eigenvalue weighted by atomic mass is 16.5. The average Bonchev–Trinajstić information content (AvgIpc) is 3.23. The van der Waals surface area contributed by atoms with Gasteiger partial charge in [0, 0.05) is 25.9 Å². The van der Waals surface area contributed by atoms with Gasteiger partial charge in [0.25, 0.3) is 0 Å². The van der Waals surface area contributed by atoms with Gasteiger partial charge >= 0.3 is 0 Å². The summed E-state index contributed by atoms with van der Waals surface area (Å²) < 4.78 is 11.0. The SMILES string of the molecule is Cc1noc(CCC(=O)N2CCC3(C/C=C/Cc4ccccc4OCCNC3=O)CC2)n1. The Balaban J connectivity index is 1.37. The Labute approximate surface area is 188 Å². The molecule has 2 amide bonds. The van der Waals surface area contributed by atoms with E-state index < -0.39 is 5.41 Å². The van der Waals surface area contributed by atoms with Crippen LogP contribution < -0.4 is 10.1 Å². The Morgan fingerprint density at radius 3 is 2.81 bits per heavy atom. The number of hydrogen-bond donors (Lipinski definition) is 1. The zero-order valence-electron chi connectivity index (χ0n) is 18.5. The van der Waals surface area contributed by atoms with Crippen molar-refractivity contribution in [1.29, 1.82) is 0 Å². The lowest BCUT2D eigenvalue weighted by atomic mass is 9.74. The van der Waals surface area contributed by atoms with E-state index >= 15 is 0 Å². The smallest absolute Gasteiger partial charge is 0.227 e. The van der Waals surface area contributed by atoms with Gasteiger partial charge in [0.15, 0.2) is 5.82 Å². The number of nitrogens with zero attached hydrogens (tertiary/aromatic N) is 3. The number of likely N-dealkylation sites (tertiary alicyclic amines) is 1. The lowest BCUT2D eigenvalue weighted by Crippen LogP contribution is -2.50. The molecule has 8 nitrogen and oxygen atoms in total. The maximum absolute atomic E-state index is 13.1. The molecule has 1 fully saturated rings. The molecule has 0 radical (unpaired) electrons. The summed E-state index contributed by atoms with van der Waals surface area (Å²) in [5, 5.41) is 6.81. The predicted octanol–water partition coefficient (Wildman–Crippen LogP) is 2.62. The minimum Gasteiger partial charge on any atom is -0.491 e. The van der Waals surface area contributed by atoms with E-state index in [1.807, 2.05) is 23.1 Å². The molecular formula is C24H30N4O4. The van der Waals surface area contributed by atoms with Crippen LogP contribution in [0.25, 0.3) is 0 Å². The number of carbonyl (C=O) groups is 2. The molecule has 4 rings (SSSR count). The number of rotatable bonds is 3. The summed E-state index contributed by atoms with van der Waals surface area (Å²) in [6.45, 7) is 3.80. The number of allylic oxidation sites excluding steroid dienone is 2. The van der Waals surface area contributed by atoms with E-state index in [1.54, 1.807) is 6.92 Å². The molecule has 32 heavy (non-hydrogen) atoms. The van der Waals surface area contributed by atoms with Crippen molar-refractivity contribution in [3.8, 4) is 5.75 Å². The highest BCUT2D eigenvalue weighted by molar-refractivity contribution is 5.83. The average molecular weight is 439 g/mol. The summed E-state index contributed by atoms with van der Waals surface area (Å²) in [6.07, 6.45) is 7.72. The third-order valence-electron chi connectivity index (χ3n) is 6.31. The summed E-state index contributed by atoms with van der Waals surface area (Å²) in [7, 11) is 0. The zero-order chi connectivity index (χ0) is 22.4. The molecule has 170 valence electrons. The summed E-state index contributed by atoms with van der Waals surface area (Å²) in [5.74, 6) is 2.03. The van der Waals surface area contributed by atoms with Crippen LogP contribution in [0.3, 0.4) is 0 Å². The van der Waals surface area contributed by atoms with E-state index in [1.165, 1.54) is 0 Å². The van der Waals surface area contributed by atoms with Gasteiger partial charge in [-0.3, -0.25) is 9.59 Å². The molecule has 2 aromatic rings. The fourth-order valence-electron chi connectivity index (χ4n) is 4.37. The molecule has 8 heteroatoms. The maximum Gasteiger partial charge on any atom is 0.227 e. The summed E-state index contributed by atoms with van der Waals surface area (Å²) in [5.41, 5.74) is 0.650. The number of ether oxygens (including phenoxy) is 1. The zero-order valence-corrected chi connectivity index (χ0v) is 18.5. The topological polar surface area (TPSA) is 97.6 Å². The quantitative estimate of drug-likeness (QED) is 0.740. The summed E-state index contributed by atoms with van der Waals surface area (Å²) >= 11 is 0. The first-order valence-corrected chi connectivity index (χ1v) is 11.3. The van der Waals surface area contributed by atoms with Crippen molar-refractivity contribution in [3.63, 3.8) is 0 Å². The van der Waals surface area contributed by atoms with Crippen molar-refractivity contribution < 1.29 is 18.8 Å². The highest BCUT2D eigenvalue weighted by Crippen LogP contribution is 2.36. The van der Waals surface area contributed by atoms with Crippen molar-refractivity contribution in [2.75, 3.05) is 26.2 Å². The molecule has 0 saturated carbocycles. The lowest BCUT2D eigenvalue weighted by molar-refractivity contribution is -0.140. The number of piperidine rings is 1. The number of aryl methyl sites for hydroxylation is 2. The Hall–Kier alpha value is -3.16. The second-order valence-electron chi connectivity index (χ2n) is 8.49. The largest absolute Gasteiger partial charge is 0.491 e. The van der Waals surface area contributed by atoms with E-state index in [0.29, 0.717) is 70.1 Å². The number of hydrogen-bond acceptors (Lipinski definition) is 6. The second kappa shape index (κ2) is 9.97. The van der Waals surface area contributed by atoms with Crippen molar-refractivity contribution >= 4 is 11.8 Å². The first-order chi connectivity index (χ1) is 15.6. The van der Waals surface area contributed by atoms with Gasteiger partial charge in [0.2, 0.25) is 17.7 Å². The lowest BCUT2D eigenvalue weighted by Gasteiger charge is -2.40. The van der Waals surface area contributed by atoms with Gasteiger partial charge in [0.1, 0.15) is 12.4 Å². The monoisotopic (exact) mass is 438 g/mol. The number of carbonyl (C=O) groups excluding carboxylic acids is 2. The van der Waals surface area contributed by atoms with E-state index in [4.69, 9.17) is 9.26 Å². The molecule has 2 aliphatic rings. The number of benzene rings is 1. The Kier molecular flexibility index (Phi) is 6.87. The summed E-state index contributed by atoms with van der Waals surface area (Å²) in [4.78, 5) is 31.8. The number of amides is 2. The third kappa shape index (κ3) is 5.18. The molecule has 0 atom stereocenters. The van der Waals surface area contributed by atoms with Crippen LogP contribution in [0.4, 0.5) is 0 Å². The Morgan fingerprint density at radius 2 is 2.03 bits per heavy atom. The normalized spacial score (nSPS) is 19.8. The number of nitrogens with one attached hydrogen (secondary N) is 1. The van der Waals surface area contributed by atoms with Crippen LogP contribution in [-0.2, 0) is 22.4 Å². The molecule has 1 N–H and O–H groups in total. The minimum absolute atomic E-state index is 0.0491. The molecule has 0 unspecified atom stereocenters. The van der Waals surface area contributed by atoms with Crippen LogP contribution in [0.1, 0.15) is 43.0 Å². The highest BCUT2D eigenvalue weighted by Gasteiger charge is 2.41. The molecule has 1 saturated heterocycles. The van der Waals surface area contributed by atoms with Gasteiger partial charge in [0.05, 0.1) is 12.0 Å². The minimum atomic E-state index is -0.490. The van der Waals surface area contributed by atoms with Crippen LogP contribution in [-0.4, -0.2) is 53.1 Å². The molecule has 1 aromatic heterocycles. The molecule has 0 bridgehead atoms. The van der Waals surface area contributed by atoms with Crippen LogP contribution in [0, 0.1) is 12.3 Å². The third-order valence-corrected chi connectivity index (χ3v) is 6.31. The van der Waals surface area contributed by atoms with Gasteiger partial charge in [-0.25, -0.2) is 0 Å². The number of aromatic nitrogens is 2. The summed E-state index contributed by atoms with van der Waals surface area (Å²) in [6, 6.07) is 8.00. The maximum atomic E-state index is 13.1. The van der Waals surface area contributed by atoms with Gasteiger partial charge in [-0.1, -0.05) is 35.5 Å². The van der Waals surface area contributed by atoms with Crippen LogP contribution in [0.5, 0.6) is 5.75 Å². The van der Waals surface area contributed by atoms with Crippen molar-refractivity contribution in [1.82, 2.24) is 20.4 Å². The fourth-order valence-corrected chi connectivity index (χ4v) is 4.37. The molecular weight excluding hydrogens is 408 g/mol. The van der Waals surface area contributed by atoms with Crippen molar-refractivity contribution in [3.05, 3.63) is 53.7 Å². The standard InChI is InChI=1S/C24H30N4O4/c1-18-26-21(32-27-18)9-10-22(29)28-15-12-24(13-16-28)11-5-4-7-19-6-2-3-8-20(19)31-17-14-25-23(24)30/h2-6,8H,7,9-17H2,1H3,(H,25,30)/b5-4+. The Morgan fingerprint density at radius 1 is 1.22 bits per heavy atom. The number of fused-ring (bicyclic) bond motifs is 1. The van der Waals surface area contributed by atoms with Crippen molar-refractivity contribution in [2.45, 2.75) is 45.4 Å². The van der Waals surface area contributed by atoms with Gasteiger partial charge in [-0.15, -0.1) is 0 Å². The van der Waals surface area contributed by atoms with E-state index in [9.17, 15) is 9.59 Å². The molecule has 1 spiro atoms. The first kappa shape index (κ1) is 22.0. The predicted molar refractivity (Wildman–Crippen MR) is 118 cm³/mol. The molecule has 0 aliphatic carbocycles. The van der Waals surface area contributed by atoms with Gasteiger partial charge in [-0.05, 0) is 44.2 Å². The number of para-hydroxylation sites is 1. The first-order valence-electron chi connectivity index (χ1n) is 11.3. The molecule has 2 aliphatic heterocycles. The van der Waals surface area contributed by atoms with Crippen LogP contribution >= 0.6 is 0 Å².